The van der Waals surface area contributed by atoms with Crippen LogP contribution in [0, 0.1) is 6.92 Å². The number of nitrogen functional groups attached to an aromatic ring is 1. The van der Waals surface area contributed by atoms with Crippen molar-refractivity contribution in [3.63, 3.8) is 0 Å². The number of hydrogen-bond acceptors (Lipinski definition) is 2. The van der Waals surface area contributed by atoms with Crippen LogP contribution in [0.4, 0.5) is 5.69 Å². The number of nitrogens with zero attached hydrogens (tertiary/aromatic N) is 1. The number of nitrogens with two attached hydrogens (primary N) is 1. The van der Waals surface area contributed by atoms with Crippen LogP contribution in [-0.4, -0.2) is 9.97 Å². The van der Waals surface area contributed by atoms with Gasteiger partial charge in [-0.2, -0.15) is 0 Å². The second kappa shape index (κ2) is 6.03. The summed E-state index contributed by atoms with van der Waals surface area (Å²) >= 11 is 12.2. The number of rotatable bonds is 3. The second-order valence-corrected chi connectivity index (χ2v) is 6.05. The molecule has 3 rings (SSSR count). The lowest BCUT2D eigenvalue weighted by Crippen LogP contribution is -1.93. The summed E-state index contributed by atoms with van der Waals surface area (Å²) in [6, 6.07) is 13.2. The van der Waals surface area contributed by atoms with E-state index in [4.69, 9.17) is 28.9 Å². The zero-order chi connectivity index (χ0) is 15.7. The minimum Gasteiger partial charge on any atom is -0.399 e. The zero-order valence-electron chi connectivity index (χ0n) is 12.0. The molecule has 0 saturated carbocycles. The van der Waals surface area contributed by atoms with Gasteiger partial charge in [0.05, 0.1) is 10.7 Å². The van der Waals surface area contributed by atoms with E-state index in [0.29, 0.717) is 16.5 Å². The third-order valence-corrected chi connectivity index (χ3v) is 3.99. The van der Waals surface area contributed by atoms with Crippen molar-refractivity contribution < 1.29 is 0 Å². The van der Waals surface area contributed by atoms with Crippen LogP contribution in [-0.2, 0) is 6.42 Å². The molecule has 0 radical (unpaired) electrons. The fourth-order valence-electron chi connectivity index (χ4n) is 2.45. The first-order valence-electron chi connectivity index (χ1n) is 6.88. The lowest BCUT2D eigenvalue weighted by atomic mass is 10.1. The summed E-state index contributed by atoms with van der Waals surface area (Å²) in [7, 11) is 0. The van der Waals surface area contributed by atoms with Gasteiger partial charge in [-0.1, -0.05) is 35.3 Å². The quantitative estimate of drug-likeness (QED) is 0.673. The Labute approximate surface area is 139 Å². The topological polar surface area (TPSA) is 54.7 Å². The number of benzene rings is 2. The molecule has 3 aromatic rings. The largest absolute Gasteiger partial charge is 0.399 e. The van der Waals surface area contributed by atoms with E-state index < -0.39 is 0 Å². The summed E-state index contributed by atoms with van der Waals surface area (Å²) in [5.41, 5.74) is 10.4. The Bertz CT molecular complexity index is 825. The van der Waals surface area contributed by atoms with E-state index in [1.165, 1.54) is 0 Å². The summed E-state index contributed by atoms with van der Waals surface area (Å²) < 4.78 is 0. The first-order valence-corrected chi connectivity index (χ1v) is 7.64. The fraction of sp³-hybridized carbons (Fsp3) is 0.118. The van der Waals surface area contributed by atoms with E-state index in [9.17, 15) is 0 Å². The molecule has 22 heavy (non-hydrogen) atoms. The van der Waals surface area contributed by atoms with Crippen LogP contribution < -0.4 is 5.73 Å². The van der Waals surface area contributed by atoms with Gasteiger partial charge in [0.25, 0.3) is 0 Å². The summed E-state index contributed by atoms with van der Waals surface area (Å²) in [5.74, 6) is 0.879. The second-order valence-electron chi connectivity index (χ2n) is 5.20. The fourth-order valence-corrected chi connectivity index (χ4v) is 2.94. The molecule has 3 nitrogen and oxygen atoms in total. The highest BCUT2D eigenvalue weighted by molar-refractivity contribution is 6.36. The van der Waals surface area contributed by atoms with Gasteiger partial charge in [0.1, 0.15) is 5.82 Å². The van der Waals surface area contributed by atoms with E-state index in [2.05, 4.69) is 9.97 Å². The highest BCUT2D eigenvalue weighted by Crippen LogP contribution is 2.31. The Morgan fingerprint density at radius 1 is 1.14 bits per heavy atom. The third-order valence-electron chi connectivity index (χ3n) is 3.44. The van der Waals surface area contributed by atoms with Gasteiger partial charge in [0.15, 0.2) is 0 Å². The molecule has 0 atom stereocenters. The zero-order valence-corrected chi connectivity index (χ0v) is 13.5. The summed E-state index contributed by atoms with van der Waals surface area (Å²) in [6.07, 6.45) is 0.692. The molecule has 0 unspecified atom stereocenters. The predicted molar refractivity (Wildman–Crippen MR) is 92.4 cm³/mol. The summed E-state index contributed by atoms with van der Waals surface area (Å²) in [5, 5.41) is 1.21. The molecular formula is C17H15Cl2N3. The molecule has 0 bridgehead atoms. The number of halogens is 2. The SMILES string of the molecule is Cc1[nH]c(Cc2cccc(N)c2)nc1-c1ccc(Cl)cc1Cl. The molecular weight excluding hydrogens is 317 g/mol. The van der Waals surface area contributed by atoms with Gasteiger partial charge in [-0.25, -0.2) is 4.98 Å². The van der Waals surface area contributed by atoms with Gasteiger partial charge >= 0.3 is 0 Å². The summed E-state index contributed by atoms with van der Waals surface area (Å²) in [4.78, 5) is 7.98. The maximum Gasteiger partial charge on any atom is 0.111 e. The lowest BCUT2D eigenvalue weighted by molar-refractivity contribution is 1.02. The van der Waals surface area contributed by atoms with Crippen LogP contribution in [0.3, 0.4) is 0 Å². The molecule has 0 aliphatic carbocycles. The first kappa shape index (κ1) is 14.9. The number of aryl methyl sites for hydroxylation is 1. The average Bonchev–Trinajstić information content (AvgIpc) is 2.79. The van der Waals surface area contributed by atoms with Crippen molar-refractivity contribution in [1.82, 2.24) is 9.97 Å². The molecule has 1 heterocycles. The van der Waals surface area contributed by atoms with E-state index in [1.54, 1.807) is 6.07 Å². The molecule has 112 valence electrons. The molecule has 1 aromatic heterocycles. The van der Waals surface area contributed by atoms with Crippen molar-refractivity contribution >= 4 is 28.9 Å². The number of nitrogens with one attached hydrogen (secondary N) is 1. The minimum absolute atomic E-state index is 0.595. The monoisotopic (exact) mass is 331 g/mol. The number of hydrogen-bond donors (Lipinski definition) is 2. The van der Waals surface area contributed by atoms with Crippen molar-refractivity contribution in [2.45, 2.75) is 13.3 Å². The van der Waals surface area contributed by atoms with Crippen LogP contribution in [0.5, 0.6) is 0 Å². The Morgan fingerprint density at radius 3 is 2.68 bits per heavy atom. The van der Waals surface area contributed by atoms with Crippen molar-refractivity contribution in [2.24, 2.45) is 0 Å². The average molecular weight is 332 g/mol. The van der Waals surface area contributed by atoms with Gasteiger partial charge in [0.2, 0.25) is 0 Å². The van der Waals surface area contributed by atoms with Crippen molar-refractivity contribution in [1.29, 1.82) is 0 Å². The number of anilines is 1. The van der Waals surface area contributed by atoms with Gasteiger partial charge in [-0.15, -0.1) is 0 Å². The maximum absolute atomic E-state index is 6.27. The van der Waals surface area contributed by atoms with E-state index in [1.807, 2.05) is 43.3 Å². The standard InChI is InChI=1S/C17H15Cl2N3/c1-10-17(14-6-5-12(18)9-15(14)19)22-16(21-10)8-11-3-2-4-13(20)7-11/h2-7,9H,8,20H2,1H3,(H,21,22). The molecule has 0 aliphatic rings. The Morgan fingerprint density at radius 2 is 1.95 bits per heavy atom. The lowest BCUT2D eigenvalue weighted by Gasteiger charge is -2.02. The van der Waals surface area contributed by atoms with Gasteiger partial charge < -0.3 is 10.7 Å². The summed E-state index contributed by atoms with van der Waals surface area (Å²) in [6.45, 7) is 1.98. The van der Waals surface area contributed by atoms with Crippen LogP contribution in [0.2, 0.25) is 10.0 Å². The van der Waals surface area contributed by atoms with E-state index in [0.717, 1.165) is 34.0 Å². The highest BCUT2D eigenvalue weighted by atomic mass is 35.5. The highest BCUT2D eigenvalue weighted by Gasteiger charge is 2.13. The third kappa shape index (κ3) is 3.11. The first-order chi connectivity index (χ1) is 10.5. The van der Waals surface area contributed by atoms with Crippen LogP contribution in [0.1, 0.15) is 17.1 Å². The number of imidazole rings is 1. The maximum atomic E-state index is 6.27. The molecule has 0 amide bonds. The van der Waals surface area contributed by atoms with Gasteiger partial charge in [0, 0.05) is 28.4 Å². The van der Waals surface area contributed by atoms with Gasteiger partial charge in [-0.05, 0) is 42.8 Å². The van der Waals surface area contributed by atoms with Crippen LogP contribution in [0.25, 0.3) is 11.3 Å². The smallest absolute Gasteiger partial charge is 0.111 e. The number of H-pyrrole nitrogens is 1. The van der Waals surface area contributed by atoms with E-state index >= 15 is 0 Å². The van der Waals surface area contributed by atoms with E-state index in [-0.39, 0.29) is 0 Å². The van der Waals surface area contributed by atoms with Crippen molar-refractivity contribution in [3.8, 4) is 11.3 Å². The number of aromatic nitrogens is 2. The molecule has 0 fully saturated rings. The van der Waals surface area contributed by atoms with Crippen LogP contribution >= 0.6 is 23.2 Å². The van der Waals surface area contributed by atoms with Crippen molar-refractivity contribution in [3.05, 3.63) is 69.6 Å². The Hall–Kier alpha value is -1.97. The Kier molecular flexibility index (Phi) is 4.10. The molecule has 0 spiro atoms. The molecule has 0 saturated heterocycles. The van der Waals surface area contributed by atoms with Gasteiger partial charge in [-0.3, -0.25) is 0 Å². The van der Waals surface area contributed by atoms with Crippen molar-refractivity contribution in [2.75, 3.05) is 5.73 Å². The molecule has 0 aliphatic heterocycles. The molecule has 2 aromatic carbocycles. The number of aromatic amines is 1. The predicted octanol–water partition coefficient (Wildman–Crippen LogP) is 4.86. The normalized spacial score (nSPS) is 10.9. The molecule has 3 N–H and O–H groups in total. The molecule has 5 heteroatoms. The van der Waals surface area contributed by atoms with Crippen LogP contribution in [0.15, 0.2) is 42.5 Å². The minimum atomic E-state index is 0.595. The Balaban J connectivity index is 1.94.